The molecule has 0 saturated heterocycles. The van der Waals surface area contributed by atoms with Gasteiger partial charge in [-0.15, -0.1) is 0 Å². The van der Waals surface area contributed by atoms with Gasteiger partial charge >= 0.3 is 0 Å². The number of benzene rings is 1. The number of nitrogens with zero attached hydrogens (tertiary/aromatic N) is 2. The molecule has 0 radical (unpaired) electrons. The molecule has 3 nitrogen and oxygen atoms in total. The second-order valence-corrected chi connectivity index (χ2v) is 4.59. The zero-order chi connectivity index (χ0) is 11.9. The Labute approximate surface area is 105 Å². The van der Waals surface area contributed by atoms with Gasteiger partial charge in [-0.25, -0.2) is 4.39 Å². The minimum atomic E-state index is -0.477. The van der Waals surface area contributed by atoms with Gasteiger partial charge in [0, 0.05) is 18.7 Å². The molecule has 1 aromatic heterocycles. The van der Waals surface area contributed by atoms with E-state index in [1.54, 1.807) is 23.9 Å². The lowest BCUT2D eigenvalue weighted by atomic mass is 10.1. The highest BCUT2D eigenvalue weighted by atomic mass is 79.9. The summed E-state index contributed by atoms with van der Waals surface area (Å²) < 4.78 is 15.1. The van der Waals surface area contributed by atoms with Crippen molar-refractivity contribution >= 4 is 33.3 Å². The SMILES string of the molecule is Cn1nc(-c2cc(Cl)c(F)c(Br)c2)cc1N. The fourth-order valence-corrected chi connectivity index (χ4v) is 2.12. The van der Waals surface area contributed by atoms with Crippen LogP contribution in [0.15, 0.2) is 22.7 Å². The Morgan fingerprint density at radius 3 is 2.62 bits per heavy atom. The Morgan fingerprint density at radius 2 is 2.12 bits per heavy atom. The Balaban J connectivity index is 2.56. The molecule has 0 amide bonds. The van der Waals surface area contributed by atoms with Crippen molar-refractivity contribution in [1.82, 2.24) is 9.78 Å². The molecule has 1 aromatic carbocycles. The fraction of sp³-hybridized carbons (Fsp3) is 0.100. The van der Waals surface area contributed by atoms with Gasteiger partial charge in [0.25, 0.3) is 0 Å². The van der Waals surface area contributed by atoms with E-state index in [2.05, 4.69) is 21.0 Å². The van der Waals surface area contributed by atoms with Crippen LogP contribution in [-0.4, -0.2) is 9.78 Å². The van der Waals surface area contributed by atoms with Gasteiger partial charge in [-0.1, -0.05) is 11.6 Å². The second-order valence-electron chi connectivity index (χ2n) is 3.33. The summed E-state index contributed by atoms with van der Waals surface area (Å²) in [5.74, 6) is 0.0564. The van der Waals surface area contributed by atoms with Crippen LogP contribution in [-0.2, 0) is 7.05 Å². The number of aryl methyl sites for hydroxylation is 1. The molecule has 0 aliphatic rings. The number of hydrogen-bond acceptors (Lipinski definition) is 2. The fourth-order valence-electron chi connectivity index (χ4n) is 1.33. The molecule has 1 heterocycles. The zero-order valence-electron chi connectivity index (χ0n) is 8.34. The van der Waals surface area contributed by atoms with Crippen LogP contribution in [0.5, 0.6) is 0 Å². The highest BCUT2D eigenvalue weighted by molar-refractivity contribution is 9.10. The van der Waals surface area contributed by atoms with Crippen molar-refractivity contribution in [2.75, 3.05) is 5.73 Å². The first kappa shape index (κ1) is 11.4. The number of nitrogen functional groups attached to an aromatic ring is 1. The van der Waals surface area contributed by atoms with Gasteiger partial charge in [-0.2, -0.15) is 5.10 Å². The third-order valence-corrected chi connectivity index (χ3v) is 3.05. The quantitative estimate of drug-likeness (QED) is 0.822. The summed E-state index contributed by atoms with van der Waals surface area (Å²) in [5.41, 5.74) is 7.03. The normalized spacial score (nSPS) is 10.8. The van der Waals surface area contributed by atoms with Crippen LogP contribution < -0.4 is 5.73 Å². The summed E-state index contributed by atoms with van der Waals surface area (Å²) in [7, 11) is 1.74. The Bertz CT molecular complexity index is 510. The van der Waals surface area contributed by atoms with Gasteiger partial charge in [-0.3, -0.25) is 4.68 Å². The number of rotatable bonds is 1. The van der Waals surface area contributed by atoms with Crippen molar-refractivity contribution in [1.29, 1.82) is 0 Å². The molecular weight excluding hydrogens is 296 g/mol. The standard InChI is InChI=1S/C10H8BrClFN3/c1-16-9(14)4-8(15-16)5-2-6(11)10(13)7(12)3-5/h2-4H,14H2,1H3. The monoisotopic (exact) mass is 303 g/mol. The van der Waals surface area contributed by atoms with Crippen LogP contribution in [0, 0.1) is 5.82 Å². The zero-order valence-corrected chi connectivity index (χ0v) is 10.7. The molecule has 0 aliphatic heterocycles. The predicted octanol–water partition coefficient (Wildman–Crippen LogP) is 3.22. The molecular formula is C10H8BrClFN3. The molecule has 0 atom stereocenters. The first-order valence-corrected chi connectivity index (χ1v) is 5.60. The summed E-state index contributed by atoms with van der Waals surface area (Å²) in [6.45, 7) is 0. The van der Waals surface area contributed by atoms with Crippen molar-refractivity contribution < 1.29 is 4.39 Å². The van der Waals surface area contributed by atoms with Crippen LogP contribution in [0.1, 0.15) is 0 Å². The smallest absolute Gasteiger partial charge is 0.155 e. The minimum Gasteiger partial charge on any atom is -0.384 e. The molecule has 0 fully saturated rings. The average molecular weight is 305 g/mol. The van der Waals surface area contributed by atoms with Crippen LogP contribution in [0.3, 0.4) is 0 Å². The van der Waals surface area contributed by atoms with Crippen LogP contribution in [0.25, 0.3) is 11.3 Å². The molecule has 0 saturated carbocycles. The number of halogens is 3. The molecule has 84 valence electrons. The van der Waals surface area contributed by atoms with Gasteiger partial charge in [0.05, 0.1) is 15.2 Å². The van der Waals surface area contributed by atoms with E-state index in [-0.39, 0.29) is 5.02 Å². The second kappa shape index (κ2) is 4.07. The van der Waals surface area contributed by atoms with E-state index in [0.717, 1.165) is 0 Å². The van der Waals surface area contributed by atoms with Crippen molar-refractivity contribution in [3.05, 3.63) is 33.5 Å². The lowest BCUT2D eigenvalue weighted by Crippen LogP contribution is -1.96. The molecule has 2 aromatic rings. The summed E-state index contributed by atoms with van der Waals surface area (Å²) in [4.78, 5) is 0. The molecule has 2 N–H and O–H groups in total. The van der Waals surface area contributed by atoms with E-state index >= 15 is 0 Å². The Morgan fingerprint density at radius 1 is 1.44 bits per heavy atom. The summed E-state index contributed by atoms with van der Waals surface area (Å²) >= 11 is 8.84. The maximum Gasteiger partial charge on any atom is 0.155 e. The third-order valence-electron chi connectivity index (χ3n) is 2.20. The molecule has 0 aliphatic carbocycles. The van der Waals surface area contributed by atoms with E-state index in [9.17, 15) is 4.39 Å². The van der Waals surface area contributed by atoms with Crippen molar-refractivity contribution in [2.45, 2.75) is 0 Å². The Hall–Kier alpha value is -1.07. The topological polar surface area (TPSA) is 43.8 Å². The number of nitrogens with two attached hydrogens (primary N) is 1. The molecule has 0 bridgehead atoms. The van der Waals surface area contributed by atoms with Gasteiger partial charge in [-0.05, 0) is 28.1 Å². The Kier molecular flexibility index (Phi) is 2.90. The molecule has 0 spiro atoms. The van der Waals surface area contributed by atoms with Crippen LogP contribution >= 0.6 is 27.5 Å². The summed E-state index contributed by atoms with van der Waals surface area (Å²) in [6, 6.07) is 4.84. The minimum absolute atomic E-state index is 0.0496. The van der Waals surface area contributed by atoms with E-state index in [4.69, 9.17) is 17.3 Å². The van der Waals surface area contributed by atoms with Gasteiger partial charge < -0.3 is 5.73 Å². The van der Waals surface area contributed by atoms with Crippen molar-refractivity contribution in [3.8, 4) is 11.3 Å². The third kappa shape index (κ3) is 1.92. The van der Waals surface area contributed by atoms with E-state index in [1.165, 1.54) is 6.07 Å². The van der Waals surface area contributed by atoms with Crippen molar-refractivity contribution in [2.24, 2.45) is 7.05 Å². The number of anilines is 1. The average Bonchev–Trinajstić information content (AvgIpc) is 2.55. The molecule has 0 unspecified atom stereocenters. The maximum absolute atomic E-state index is 13.3. The largest absolute Gasteiger partial charge is 0.384 e. The van der Waals surface area contributed by atoms with Gasteiger partial charge in [0.1, 0.15) is 5.82 Å². The van der Waals surface area contributed by atoms with E-state index in [0.29, 0.717) is 21.5 Å². The first-order chi connectivity index (χ1) is 7.49. The number of aromatic nitrogens is 2. The molecule has 6 heteroatoms. The highest BCUT2D eigenvalue weighted by Crippen LogP contribution is 2.30. The van der Waals surface area contributed by atoms with Gasteiger partial charge in [0.2, 0.25) is 0 Å². The summed E-state index contributed by atoms with van der Waals surface area (Å²) in [6.07, 6.45) is 0. The van der Waals surface area contributed by atoms with Crippen LogP contribution in [0.2, 0.25) is 5.02 Å². The van der Waals surface area contributed by atoms with Gasteiger partial charge in [0.15, 0.2) is 5.82 Å². The molecule has 16 heavy (non-hydrogen) atoms. The summed E-state index contributed by atoms with van der Waals surface area (Å²) in [5, 5.41) is 4.23. The number of hydrogen-bond donors (Lipinski definition) is 1. The van der Waals surface area contributed by atoms with Crippen molar-refractivity contribution in [3.63, 3.8) is 0 Å². The highest BCUT2D eigenvalue weighted by Gasteiger charge is 2.11. The first-order valence-electron chi connectivity index (χ1n) is 4.43. The van der Waals surface area contributed by atoms with Crippen LogP contribution in [0.4, 0.5) is 10.2 Å². The van der Waals surface area contributed by atoms with E-state index < -0.39 is 5.82 Å². The lowest BCUT2D eigenvalue weighted by molar-refractivity contribution is 0.622. The predicted molar refractivity (Wildman–Crippen MR) is 65.7 cm³/mol. The lowest BCUT2D eigenvalue weighted by Gasteiger charge is -2.01. The maximum atomic E-state index is 13.3. The van der Waals surface area contributed by atoms with E-state index in [1.807, 2.05) is 0 Å². The molecule has 2 rings (SSSR count).